The van der Waals surface area contributed by atoms with E-state index in [0.29, 0.717) is 29.8 Å². The lowest BCUT2D eigenvalue weighted by atomic mass is 10.0. The van der Waals surface area contributed by atoms with E-state index in [2.05, 4.69) is 22.1 Å². The van der Waals surface area contributed by atoms with E-state index in [-0.39, 0.29) is 28.7 Å². The van der Waals surface area contributed by atoms with Crippen LogP contribution in [0.2, 0.25) is 0 Å². The van der Waals surface area contributed by atoms with E-state index in [1.807, 2.05) is 6.92 Å². The fourth-order valence-electron chi connectivity index (χ4n) is 3.76. The molecule has 11 heteroatoms. The van der Waals surface area contributed by atoms with Crippen molar-refractivity contribution < 1.29 is 32.2 Å². The number of ether oxygens (including phenoxy) is 2. The molecule has 0 saturated carbocycles. The molecule has 3 rings (SSSR count). The number of carbonyl (C=O) groups is 2. The van der Waals surface area contributed by atoms with Crippen molar-refractivity contribution in [1.82, 2.24) is 5.01 Å². The fraction of sp³-hybridized carbons (Fsp3) is 0.423. The Kier molecular flexibility index (Phi) is 9.85. The lowest BCUT2D eigenvalue weighted by Crippen LogP contribution is -2.34. The quantitative estimate of drug-likeness (QED) is 0.313. The summed E-state index contributed by atoms with van der Waals surface area (Å²) in [4.78, 5) is 24.8. The van der Waals surface area contributed by atoms with Gasteiger partial charge in [-0.1, -0.05) is 50.6 Å². The molecule has 0 aromatic heterocycles. The van der Waals surface area contributed by atoms with Crippen molar-refractivity contribution in [3.8, 4) is 11.5 Å². The lowest BCUT2D eigenvalue weighted by Gasteiger charge is -2.28. The van der Waals surface area contributed by atoms with Crippen LogP contribution in [0.3, 0.4) is 0 Å². The molecule has 1 aliphatic heterocycles. The van der Waals surface area contributed by atoms with Gasteiger partial charge in [-0.3, -0.25) is 9.59 Å². The van der Waals surface area contributed by atoms with Crippen molar-refractivity contribution in [2.75, 3.05) is 12.4 Å². The van der Waals surface area contributed by atoms with Crippen molar-refractivity contribution in [1.29, 1.82) is 0 Å². The van der Waals surface area contributed by atoms with Gasteiger partial charge >= 0.3 is 11.6 Å². The van der Waals surface area contributed by atoms with Gasteiger partial charge in [0.1, 0.15) is 0 Å². The summed E-state index contributed by atoms with van der Waals surface area (Å²) < 4.78 is 47.9. The molecule has 1 atom stereocenters. The Hall–Kier alpha value is -3.21. The number of rotatable bonds is 11. The Morgan fingerprint density at radius 1 is 1.11 bits per heavy atom. The van der Waals surface area contributed by atoms with Crippen molar-refractivity contribution in [2.45, 2.75) is 64.1 Å². The maximum absolute atomic E-state index is 12.9. The highest BCUT2D eigenvalue weighted by atomic mass is 32.2. The van der Waals surface area contributed by atoms with Gasteiger partial charge in [0.05, 0.1) is 24.6 Å². The van der Waals surface area contributed by atoms with Gasteiger partial charge in [0, 0.05) is 17.7 Å². The highest BCUT2D eigenvalue weighted by Gasteiger charge is 2.34. The Labute approximate surface area is 218 Å². The number of methoxy groups -OCH3 is 1. The number of halogens is 3. The van der Waals surface area contributed by atoms with E-state index in [1.165, 1.54) is 24.3 Å². The van der Waals surface area contributed by atoms with E-state index < -0.39 is 12.1 Å². The van der Waals surface area contributed by atoms with Crippen LogP contribution in [0.5, 0.6) is 11.5 Å². The molecular formula is C26H30F3N3O4S. The highest BCUT2D eigenvalue weighted by molar-refractivity contribution is 8.14. The molecule has 37 heavy (non-hydrogen) atoms. The first-order valence-corrected chi connectivity index (χ1v) is 12.9. The van der Waals surface area contributed by atoms with Crippen LogP contribution >= 0.6 is 11.8 Å². The Bertz CT molecular complexity index is 1120. The smallest absolute Gasteiger partial charge is 0.493 e. The minimum Gasteiger partial charge on any atom is -0.493 e. The molecule has 1 N–H and O–H groups in total. The molecule has 2 aromatic rings. The average Bonchev–Trinajstić information content (AvgIpc) is 2.85. The Morgan fingerprint density at radius 2 is 1.84 bits per heavy atom. The van der Waals surface area contributed by atoms with Crippen molar-refractivity contribution in [2.24, 2.45) is 5.10 Å². The molecule has 2 aromatic carbocycles. The minimum absolute atomic E-state index is 0.0444. The molecular weight excluding hydrogens is 507 g/mol. The topological polar surface area (TPSA) is 80.2 Å². The van der Waals surface area contributed by atoms with E-state index in [1.54, 1.807) is 30.3 Å². The molecule has 1 aliphatic rings. The normalized spacial score (nSPS) is 15.8. The number of nitrogens with zero attached hydrogens (tertiary/aromatic N) is 2. The first-order valence-electron chi connectivity index (χ1n) is 12.0. The number of hydrogen-bond acceptors (Lipinski definition) is 6. The number of nitrogens with one attached hydrogen (secondary N) is 1. The van der Waals surface area contributed by atoms with Crippen LogP contribution in [-0.4, -0.2) is 40.6 Å². The molecule has 0 fully saturated rings. The van der Waals surface area contributed by atoms with Crippen LogP contribution in [0.4, 0.5) is 23.7 Å². The summed E-state index contributed by atoms with van der Waals surface area (Å²) in [7, 11) is 1.25. The molecule has 1 heterocycles. The summed E-state index contributed by atoms with van der Waals surface area (Å²) in [5.74, 6) is -0.591. The van der Waals surface area contributed by atoms with E-state index in [0.717, 1.165) is 36.6 Å². The number of hydrogen-bond donors (Lipinski definition) is 1. The molecule has 0 saturated heterocycles. The molecule has 0 aliphatic carbocycles. The van der Waals surface area contributed by atoms with Gasteiger partial charge in [0.15, 0.2) is 11.5 Å². The predicted octanol–water partition coefficient (Wildman–Crippen LogP) is 6.96. The third-order valence-corrected chi connectivity index (χ3v) is 6.87. The van der Waals surface area contributed by atoms with Gasteiger partial charge in [-0.15, -0.1) is 13.2 Å². The van der Waals surface area contributed by atoms with E-state index in [9.17, 15) is 22.8 Å². The number of alkyl halides is 3. The molecule has 1 unspecified atom stereocenters. The van der Waals surface area contributed by atoms with Gasteiger partial charge in [0.25, 0.3) is 0 Å². The Balaban J connectivity index is 1.79. The summed E-state index contributed by atoms with van der Waals surface area (Å²) >= 11 is 1.07. The first-order chi connectivity index (χ1) is 17.6. The first kappa shape index (κ1) is 28.4. The number of benzene rings is 2. The van der Waals surface area contributed by atoms with Crippen LogP contribution in [0, 0.1) is 0 Å². The molecule has 2 amide bonds. The second-order valence-corrected chi connectivity index (χ2v) is 9.59. The predicted molar refractivity (Wildman–Crippen MR) is 138 cm³/mol. The zero-order valence-corrected chi connectivity index (χ0v) is 21.7. The van der Waals surface area contributed by atoms with Crippen molar-refractivity contribution in [3.63, 3.8) is 0 Å². The third kappa shape index (κ3) is 8.14. The monoisotopic (exact) mass is 537 g/mol. The zero-order chi connectivity index (χ0) is 27.0. The SMILES string of the molecule is CCCCCC(=O)Nc1ccc(CN2N=C(c3ccc(OC)c(OC(F)(F)F)c3)C(CC)SC2=O)cc1. The lowest BCUT2D eigenvalue weighted by molar-refractivity contribution is -0.275. The number of amides is 2. The van der Waals surface area contributed by atoms with Crippen LogP contribution < -0.4 is 14.8 Å². The number of carbonyl (C=O) groups excluding carboxylic acids is 2. The summed E-state index contributed by atoms with van der Waals surface area (Å²) in [6.07, 6.45) is -0.986. The van der Waals surface area contributed by atoms with Crippen molar-refractivity contribution >= 4 is 34.3 Å². The maximum Gasteiger partial charge on any atom is 0.573 e. The summed E-state index contributed by atoms with van der Waals surface area (Å²) in [5, 5.41) is 8.08. The molecule has 0 spiro atoms. The maximum atomic E-state index is 12.9. The van der Waals surface area contributed by atoms with Crippen molar-refractivity contribution in [3.05, 3.63) is 53.6 Å². The highest BCUT2D eigenvalue weighted by Crippen LogP contribution is 2.36. The molecule has 200 valence electrons. The fourth-order valence-corrected chi connectivity index (χ4v) is 4.69. The number of thioether (sulfide) groups is 1. The molecule has 0 radical (unpaired) electrons. The van der Waals surface area contributed by atoms with Gasteiger partial charge in [-0.05, 0) is 48.7 Å². The largest absolute Gasteiger partial charge is 0.573 e. The van der Waals surface area contributed by atoms with Crippen LogP contribution in [0.15, 0.2) is 47.6 Å². The minimum atomic E-state index is -4.89. The van der Waals surface area contributed by atoms with Gasteiger partial charge in [0.2, 0.25) is 5.91 Å². The van der Waals surface area contributed by atoms with Crippen LogP contribution in [0.1, 0.15) is 57.1 Å². The molecule has 0 bridgehead atoms. The third-order valence-electron chi connectivity index (χ3n) is 5.62. The number of hydrazone groups is 1. The van der Waals surface area contributed by atoms with E-state index >= 15 is 0 Å². The van der Waals surface area contributed by atoms with E-state index in [4.69, 9.17) is 4.74 Å². The summed E-state index contributed by atoms with van der Waals surface area (Å²) in [6.45, 7) is 4.12. The van der Waals surface area contributed by atoms with Gasteiger partial charge < -0.3 is 14.8 Å². The van der Waals surface area contributed by atoms with Gasteiger partial charge in [-0.2, -0.15) is 5.10 Å². The number of anilines is 1. The average molecular weight is 538 g/mol. The summed E-state index contributed by atoms with van der Waals surface area (Å²) in [5.41, 5.74) is 2.32. The standard InChI is InChI=1S/C26H30F3N3O4S/c1-4-6-7-8-23(33)30-19-12-9-17(10-13-19)16-32-25(34)37-22(5-2)24(31-32)18-11-14-20(35-3)21(15-18)36-26(27,28)29/h9-15,22H,4-8,16H2,1-3H3,(H,30,33). The molecule has 7 nitrogen and oxygen atoms in total. The van der Waals surface area contributed by atoms with Crippen LogP contribution in [0.25, 0.3) is 0 Å². The second-order valence-electron chi connectivity index (χ2n) is 8.44. The summed E-state index contributed by atoms with van der Waals surface area (Å²) in [6, 6.07) is 11.3. The van der Waals surface area contributed by atoms with Crippen LogP contribution in [-0.2, 0) is 11.3 Å². The Morgan fingerprint density at radius 3 is 2.46 bits per heavy atom. The van der Waals surface area contributed by atoms with Gasteiger partial charge in [-0.25, -0.2) is 5.01 Å². The number of unbranched alkanes of at least 4 members (excludes halogenated alkanes) is 2. The zero-order valence-electron chi connectivity index (χ0n) is 20.9. The second kappa shape index (κ2) is 12.8.